The lowest BCUT2D eigenvalue weighted by molar-refractivity contribution is 0.302. The Kier molecular flexibility index (Phi) is 4.89. The van der Waals surface area contributed by atoms with E-state index in [-0.39, 0.29) is 0 Å². The predicted molar refractivity (Wildman–Crippen MR) is 83.9 cm³/mol. The van der Waals surface area contributed by atoms with Crippen LogP contribution in [0.5, 0.6) is 5.75 Å². The first kappa shape index (κ1) is 14.4. The topological polar surface area (TPSA) is 9.23 Å². The maximum absolute atomic E-state index is 5.94. The number of rotatable bonds is 4. The summed E-state index contributed by atoms with van der Waals surface area (Å²) in [6.07, 6.45) is 0. The smallest absolute Gasteiger partial charge is 0.125 e. The standard InChI is InChI=1S/C16H16BrClO/c1-11-6-14(9-18)7-12(2)16(11)19-10-13-4-3-5-15(17)8-13/h3-8H,9-10H2,1-2H3. The van der Waals surface area contributed by atoms with E-state index in [9.17, 15) is 0 Å². The van der Waals surface area contributed by atoms with E-state index in [4.69, 9.17) is 16.3 Å². The van der Waals surface area contributed by atoms with Crippen LogP contribution >= 0.6 is 27.5 Å². The van der Waals surface area contributed by atoms with Gasteiger partial charge in [0.1, 0.15) is 12.4 Å². The Morgan fingerprint density at radius 3 is 2.32 bits per heavy atom. The summed E-state index contributed by atoms with van der Waals surface area (Å²) in [4.78, 5) is 0. The van der Waals surface area contributed by atoms with Crippen LogP contribution in [0.25, 0.3) is 0 Å². The fourth-order valence-corrected chi connectivity index (χ4v) is 2.73. The fourth-order valence-electron chi connectivity index (χ4n) is 2.13. The van der Waals surface area contributed by atoms with E-state index in [1.165, 1.54) is 0 Å². The van der Waals surface area contributed by atoms with Crippen LogP contribution in [0.2, 0.25) is 0 Å². The maximum atomic E-state index is 5.94. The van der Waals surface area contributed by atoms with Gasteiger partial charge in [-0.25, -0.2) is 0 Å². The van der Waals surface area contributed by atoms with Crippen molar-refractivity contribution in [2.24, 2.45) is 0 Å². The van der Waals surface area contributed by atoms with Gasteiger partial charge in [0.25, 0.3) is 0 Å². The van der Waals surface area contributed by atoms with E-state index >= 15 is 0 Å². The molecule has 0 radical (unpaired) electrons. The minimum Gasteiger partial charge on any atom is -0.488 e. The number of hydrogen-bond donors (Lipinski definition) is 0. The highest BCUT2D eigenvalue weighted by molar-refractivity contribution is 9.10. The molecule has 0 aliphatic rings. The molecule has 0 saturated carbocycles. The van der Waals surface area contributed by atoms with Crippen molar-refractivity contribution < 1.29 is 4.74 Å². The monoisotopic (exact) mass is 338 g/mol. The van der Waals surface area contributed by atoms with Crippen molar-refractivity contribution in [3.8, 4) is 5.75 Å². The van der Waals surface area contributed by atoms with Crippen LogP contribution in [0, 0.1) is 13.8 Å². The maximum Gasteiger partial charge on any atom is 0.125 e. The summed E-state index contributed by atoms with van der Waals surface area (Å²) < 4.78 is 7.01. The van der Waals surface area contributed by atoms with E-state index in [2.05, 4.69) is 54.0 Å². The third kappa shape index (κ3) is 3.74. The molecule has 0 N–H and O–H groups in total. The second-order valence-electron chi connectivity index (χ2n) is 4.61. The lowest BCUT2D eigenvalue weighted by Gasteiger charge is -2.13. The van der Waals surface area contributed by atoms with Crippen molar-refractivity contribution in [3.63, 3.8) is 0 Å². The van der Waals surface area contributed by atoms with Crippen LogP contribution in [-0.4, -0.2) is 0 Å². The number of benzene rings is 2. The molecule has 0 unspecified atom stereocenters. The van der Waals surface area contributed by atoms with Gasteiger partial charge in [-0.2, -0.15) is 0 Å². The Bertz CT molecular complexity index is 558. The Morgan fingerprint density at radius 1 is 1.05 bits per heavy atom. The van der Waals surface area contributed by atoms with Gasteiger partial charge in [-0.3, -0.25) is 0 Å². The molecule has 1 nitrogen and oxygen atoms in total. The molecule has 0 fully saturated rings. The molecule has 0 aromatic heterocycles. The van der Waals surface area contributed by atoms with E-state index in [1.807, 2.05) is 12.1 Å². The zero-order chi connectivity index (χ0) is 13.8. The van der Waals surface area contributed by atoms with Gasteiger partial charge in [0.2, 0.25) is 0 Å². The van der Waals surface area contributed by atoms with Crippen molar-refractivity contribution in [1.82, 2.24) is 0 Å². The summed E-state index contributed by atoms with van der Waals surface area (Å²) in [5.41, 5.74) is 4.54. The largest absolute Gasteiger partial charge is 0.488 e. The average Bonchev–Trinajstić information content (AvgIpc) is 2.37. The Morgan fingerprint density at radius 2 is 1.74 bits per heavy atom. The molecular weight excluding hydrogens is 324 g/mol. The van der Waals surface area contributed by atoms with Crippen molar-refractivity contribution in [3.05, 3.63) is 63.1 Å². The highest BCUT2D eigenvalue weighted by Gasteiger charge is 2.06. The Labute approximate surface area is 127 Å². The minimum atomic E-state index is 0.535. The molecule has 0 aliphatic carbocycles. The quantitative estimate of drug-likeness (QED) is 0.679. The first-order chi connectivity index (χ1) is 9.10. The first-order valence-electron chi connectivity index (χ1n) is 6.13. The lowest BCUT2D eigenvalue weighted by Crippen LogP contribution is -1.99. The van der Waals surface area contributed by atoms with Crippen molar-refractivity contribution in [2.75, 3.05) is 0 Å². The van der Waals surface area contributed by atoms with Gasteiger partial charge in [0, 0.05) is 10.4 Å². The van der Waals surface area contributed by atoms with Gasteiger partial charge in [-0.1, -0.05) is 40.2 Å². The zero-order valence-corrected chi connectivity index (χ0v) is 13.4. The Hall–Kier alpha value is -0.990. The average molecular weight is 340 g/mol. The summed E-state index contributed by atoms with van der Waals surface area (Å²) in [7, 11) is 0. The van der Waals surface area contributed by atoms with E-state index in [1.54, 1.807) is 0 Å². The lowest BCUT2D eigenvalue weighted by atomic mass is 10.1. The molecule has 0 atom stereocenters. The predicted octanol–water partition coefficient (Wildman–Crippen LogP) is 5.38. The van der Waals surface area contributed by atoms with Crippen molar-refractivity contribution >= 4 is 27.5 Å². The van der Waals surface area contributed by atoms with Gasteiger partial charge in [-0.05, 0) is 48.2 Å². The summed E-state index contributed by atoms with van der Waals surface area (Å²) >= 11 is 9.33. The van der Waals surface area contributed by atoms with Crippen LogP contribution in [0.1, 0.15) is 22.3 Å². The van der Waals surface area contributed by atoms with Crippen LogP contribution in [0.4, 0.5) is 0 Å². The molecule has 2 aromatic carbocycles. The molecule has 19 heavy (non-hydrogen) atoms. The number of ether oxygens (including phenoxy) is 1. The Balaban J connectivity index is 2.16. The molecule has 0 spiro atoms. The van der Waals surface area contributed by atoms with Gasteiger partial charge in [0.15, 0.2) is 0 Å². The highest BCUT2D eigenvalue weighted by atomic mass is 79.9. The second kappa shape index (κ2) is 6.44. The molecule has 0 aliphatic heterocycles. The second-order valence-corrected chi connectivity index (χ2v) is 5.79. The fraction of sp³-hybridized carbons (Fsp3) is 0.250. The molecule has 0 amide bonds. The highest BCUT2D eigenvalue weighted by Crippen LogP contribution is 2.26. The van der Waals surface area contributed by atoms with Crippen molar-refractivity contribution in [1.29, 1.82) is 0 Å². The summed E-state index contributed by atoms with van der Waals surface area (Å²) in [6, 6.07) is 12.3. The van der Waals surface area contributed by atoms with Crippen LogP contribution in [0.15, 0.2) is 40.9 Å². The molecular formula is C16H16BrClO. The number of aryl methyl sites for hydroxylation is 2. The van der Waals surface area contributed by atoms with Crippen LogP contribution < -0.4 is 4.74 Å². The van der Waals surface area contributed by atoms with Gasteiger partial charge >= 0.3 is 0 Å². The minimum absolute atomic E-state index is 0.535. The molecule has 2 rings (SSSR count). The SMILES string of the molecule is Cc1cc(CCl)cc(C)c1OCc1cccc(Br)c1. The molecule has 0 bridgehead atoms. The van der Waals surface area contributed by atoms with Gasteiger partial charge in [0.05, 0.1) is 0 Å². The molecule has 0 heterocycles. The summed E-state index contributed by atoms with van der Waals surface area (Å²) in [6.45, 7) is 4.68. The summed E-state index contributed by atoms with van der Waals surface area (Å²) in [5, 5.41) is 0. The molecule has 2 aromatic rings. The molecule has 0 saturated heterocycles. The number of hydrogen-bond acceptors (Lipinski definition) is 1. The first-order valence-corrected chi connectivity index (χ1v) is 7.46. The number of alkyl halides is 1. The van der Waals surface area contributed by atoms with Crippen LogP contribution in [0.3, 0.4) is 0 Å². The molecule has 100 valence electrons. The van der Waals surface area contributed by atoms with Gasteiger partial charge in [-0.15, -0.1) is 11.6 Å². The third-order valence-corrected chi connectivity index (χ3v) is 3.75. The summed E-state index contributed by atoms with van der Waals surface area (Å²) in [5.74, 6) is 1.49. The normalized spacial score (nSPS) is 10.5. The van der Waals surface area contributed by atoms with Gasteiger partial charge < -0.3 is 4.74 Å². The molecule has 3 heteroatoms. The van der Waals surface area contributed by atoms with Crippen LogP contribution in [-0.2, 0) is 12.5 Å². The number of halogens is 2. The third-order valence-electron chi connectivity index (χ3n) is 2.95. The van der Waals surface area contributed by atoms with Crippen molar-refractivity contribution in [2.45, 2.75) is 26.3 Å². The van der Waals surface area contributed by atoms with E-state index < -0.39 is 0 Å². The van der Waals surface area contributed by atoms with E-state index in [0.717, 1.165) is 32.5 Å². The van der Waals surface area contributed by atoms with E-state index in [0.29, 0.717) is 12.5 Å². The zero-order valence-electron chi connectivity index (χ0n) is 11.0.